The van der Waals surface area contributed by atoms with Crippen molar-refractivity contribution in [3.8, 4) is 0 Å². The summed E-state index contributed by atoms with van der Waals surface area (Å²) in [6.45, 7) is 1.65. The van der Waals surface area contributed by atoms with Gasteiger partial charge >= 0.3 is 0 Å². The van der Waals surface area contributed by atoms with E-state index >= 15 is 0 Å². The van der Waals surface area contributed by atoms with Gasteiger partial charge in [-0.25, -0.2) is 13.2 Å². The van der Waals surface area contributed by atoms with Crippen LogP contribution < -0.4 is 5.73 Å². The second-order valence-electron chi connectivity index (χ2n) is 3.36. The van der Waals surface area contributed by atoms with Crippen LogP contribution in [0.2, 0.25) is 0 Å². The van der Waals surface area contributed by atoms with Crippen molar-refractivity contribution in [3.05, 3.63) is 29.1 Å². The molecule has 15 heavy (non-hydrogen) atoms. The Morgan fingerprint density at radius 3 is 2.40 bits per heavy atom. The molecule has 0 saturated carbocycles. The summed E-state index contributed by atoms with van der Waals surface area (Å²) < 4.78 is 39.9. The molecule has 1 nitrogen and oxygen atoms in total. The highest BCUT2D eigenvalue weighted by molar-refractivity contribution is 7.98. The lowest BCUT2D eigenvalue weighted by Crippen LogP contribution is -2.19. The highest BCUT2D eigenvalue weighted by atomic mass is 32.2. The molecule has 0 saturated heterocycles. The zero-order valence-electron chi connectivity index (χ0n) is 8.48. The largest absolute Gasteiger partial charge is 0.328 e. The van der Waals surface area contributed by atoms with Gasteiger partial charge in [0.1, 0.15) is 5.82 Å². The van der Waals surface area contributed by atoms with Crippen molar-refractivity contribution in [2.75, 3.05) is 6.26 Å². The second-order valence-corrected chi connectivity index (χ2v) is 4.18. The molecule has 0 bridgehead atoms. The molecule has 1 unspecified atom stereocenters. The molecule has 0 heterocycles. The first-order valence-electron chi connectivity index (χ1n) is 4.43. The molecular weight excluding hydrogens is 223 g/mol. The number of halogens is 3. The molecule has 0 aliphatic rings. The first kappa shape index (κ1) is 12.4. The van der Waals surface area contributed by atoms with Gasteiger partial charge in [0.25, 0.3) is 0 Å². The van der Waals surface area contributed by atoms with Crippen LogP contribution in [-0.4, -0.2) is 12.3 Å². The van der Waals surface area contributed by atoms with Gasteiger partial charge in [0, 0.05) is 6.04 Å². The topological polar surface area (TPSA) is 26.0 Å². The average Bonchev–Trinajstić information content (AvgIpc) is 2.14. The van der Waals surface area contributed by atoms with Crippen molar-refractivity contribution in [2.45, 2.75) is 24.3 Å². The van der Waals surface area contributed by atoms with E-state index in [1.807, 2.05) is 0 Å². The van der Waals surface area contributed by atoms with Gasteiger partial charge in [-0.1, -0.05) is 0 Å². The summed E-state index contributed by atoms with van der Waals surface area (Å²) in [7, 11) is 0. The van der Waals surface area contributed by atoms with E-state index in [2.05, 4.69) is 0 Å². The highest BCUT2D eigenvalue weighted by Gasteiger charge is 2.18. The van der Waals surface area contributed by atoms with Crippen LogP contribution in [0.1, 0.15) is 12.5 Å². The summed E-state index contributed by atoms with van der Waals surface area (Å²) in [5.74, 6) is -2.87. The fourth-order valence-electron chi connectivity index (χ4n) is 1.31. The quantitative estimate of drug-likeness (QED) is 0.644. The van der Waals surface area contributed by atoms with Gasteiger partial charge in [0.15, 0.2) is 11.6 Å². The van der Waals surface area contributed by atoms with E-state index in [9.17, 15) is 13.2 Å². The van der Waals surface area contributed by atoms with E-state index in [0.29, 0.717) is 0 Å². The smallest absolute Gasteiger partial charge is 0.175 e. The Labute approximate surface area is 90.9 Å². The van der Waals surface area contributed by atoms with Crippen molar-refractivity contribution in [1.29, 1.82) is 0 Å². The van der Waals surface area contributed by atoms with Crippen molar-refractivity contribution in [3.63, 3.8) is 0 Å². The maximum Gasteiger partial charge on any atom is 0.175 e. The SMILES string of the molecule is CSc1c(F)cc(CC(C)N)c(F)c1F. The molecule has 2 N–H and O–H groups in total. The molecule has 84 valence electrons. The summed E-state index contributed by atoms with van der Waals surface area (Å²) in [6, 6.07) is 0.673. The van der Waals surface area contributed by atoms with Crippen molar-refractivity contribution in [2.24, 2.45) is 5.73 Å². The number of thioether (sulfide) groups is 1. The van der Waals surface area contributed by atoms with Crippen molar-refractivity contribution < 1.29 is 13.2 Å². The van der Waals surface area contributed by atoms with Gasteiger partial charge in [0.05, 0.1) is 4.90 Å². The van der Waals surface area contributed by atoms with E-state index in [0.717, 1.165) is 17.8 Å². The van der Waals surface area contributed by atoms with Gasteiger partial charge in [0.2, 0.25) is 0 Å². The maximum absolute atomic E-state index is 13.4. The van der Waals surface area contributed by atoms with Crippen molar-refractivity contribution >= 4 is 11.8 Å². The minimum atomic E-state index is -1.13. The van der Waals surface area contributed by atoms with Gasteiger partial charge < -0.3 is 5.73 Å². The van der Waals surface area contributed by atoms with Crippen LogP contribution in [0, 0.1) is 17.5 Å². The first-order chi connectivity index (χ1) is 6.97. The van der Waals surface area contributed by atoms with E-state index in [1.54, 1.807) is 6.92 Å². The number of hydrogen-bond acceptors (Lipinski definition) is 2. The van der Waals surface area contributed by atoms with Crippen LogP contribution in [0.25, 0.3) is 0 Å². The molecule has 0 amide bonds. The fraction of sp³-hybridized carbons (Fsp3) is 0.400. The summed E-state index contributed by atoms with van der Waals surface area (Å²) in [5.41, 5.74) is 5.43. The minimum Gasteiger partial charge on any atom is -0.328 e. The van der Waals surface area contributed by atoms with E-state index in [1.165, 1.54) is 6.26 Å². The summed E-state index contributed by atoms with van der Waals surface area (Å²) in [5, 5.41) is 0. The van der Waals surface area contributed by atoms with Crippen LogP contribution in [0.3, 0.4) is 0 Å². The van der Waals surface area contributed by atoms with Gasteiger partial charge in [-0.05, 0) is 31.2 Å². The molecule has 5 heteroatoms. The Balaban J connectivity index is 3.21. The van der Waals surface area contributed by atoms with E-state index in [4.69, 9.17) is 5.73 Å². The standard InChI is InChI=1S/C10H12F3NS/c1-5(14)3-6-4-7(11)10(15-2)9(13)8(6)12/h4-5H,3,14H2,1-2H3. The third-order valence-corrected chi connectivity index (χ3v) is 2.72. The van der Waals surface area contributed by atoms with E-state index in [-0.39, 0.29) is 22.9 Å². The molecule has 1 aromatic rings. The van der Waals surface area contributed by atoms with Crippen LogP contribution in [0.5, 0.6) is 0 Å². The fourth-order valence-corrected chi connectivity index (χ4v) is 1.83. The zero-order valence-corrected chi connectivity index (χ0v) is 9.30. The molecule has 0 radical (unpaired) electrons. The molecule has 0 fully saturated rings. The third-order valence-electron chi connectivity index (χ3n) is 1.94. The zero-order chi connectivity index (χ0) is 11.6. The normalized spacial score (nSPS) is 12.9. The Morgan fingerprint density at radius 2 is 1.93 bits per heavy atom. The number of benzene rings is 1. The highest BCUT2D eigenvalue weighted by Crippen LogP contribution is 2.27. The third kappa shape index (κ3) is 2.66. The van der Waals surface area contributed by atoms with Crippen LogP contribution in [-0.2, 0) is 6.42 Å². The summed E-state index contributed by atoms with van der Waals surface area (Å²) >= 11 is 0.843. The molecule has 1 aromatic carbocycles. The Hall–Kier alpha value is -0.680. The molecule has 0 aromatic heterocycles. The molecule has 1 atom stereocenters. The number of nitrogens with two attached hydrogens (primary N) is 1. The van der Waals surface area contributed by atoms with Gasteiger partial charge in [-0.15, -0.1) is 11.8 Å². The first-order valence-corrected chi connectivity index (χ1v) is 5.65. The Kier molecular flexibility index (Phi) is 4.04. The predicted octanol–water partition coefficient (Wildman–Crippen LogP) is 2.72. The monoisotopic (exact) mass is 235 g/mol. The molecule has 0 aliphatic heterocycles. The lowest BCUT2D eigenvalue weighted by atomic mass is 10.1. The number of hydrogen-bond donors (Lipinski definition) is 1. The molecule has 0 aliphatic carbocycles. The predicted molar refractivity (Wildman–Crippen MR) is 55.5 cm³/mol. The Morgan fingerprint density at radius 1 is 1.33 bits per heavy atom. The Bertz CT molecular complexity index is 366. The van der Waals surface area contributed by atoms with Gasteiger partial charge in [-0.2, -0.15) is 0 Å². The lowest BCUT2D eigenvalue weighted by molar-refractivity contribution is 0.456. The molecule has 1 rings (SSSR count). The maximum atomic E-state index is 13.4. The van der Waals surface area contributed by atoms with Crippen molar-refractivity contribution in [1.82, 2.24) is 0 Å². The summed E-state index contributed by atoms with van der Waals surface area (Å²) in [4.78, 5) is -0.291. The second kappa shape index (κ2) is 4.90. The summed E-state index contributed by atoms with van der Waals surface area (Å²) in [6.07, 6.45) is 1.61. The van der Waals surface area contributed by atoms with Gasteiger partial charge in [-0.3, -0.25) is 0 Å². The average molecular weight is 235 g/mol. The van der Waals surface area contributed by atoms with Crippen LogP contribution >= 0.6 is 11.8 Å². The van der Waals surface area contributed by atoms with E-state index < -0.39 is 17.5 Å². The molecule has 0 spiro atoms. The number of rotatable bonds is 3. The minimum absolute atomic E-state index is 0.0159. The van der Waals surface area contributed by atoms with Crippen LogP contribution in [0.4, 0.5) is 13.2 Å². The molecular formula is C10H12F3NS. The lowest BCUT2D eigenvalue weighted by Gasteiger charge is -2.10. The van der Waals surface area contributed by atoms with Crippen LogP contribution in [0.15, 0.2) is 11.0 Å².